The number of benzene rings is 1. The monoisotopic (exact) mass is 605 g/mol. The Morgan fingerprint density at radius 3 is 2.67 bits per heavy atom. The van der Waals surface area contributed by atoms with Gasteiger partial charge in [-0.2, -0.15) is 4.31 Å². The van der Waals surface area contributed by atoms with Gasteiger partial charge in [-0.1, -0.05) is 0 Å². The number of thiazole rings is 1. The number of carbonyl (C=O) groups excluding carboxylic acids is 2. The van der Waals surface area contributed by atoms with E-state index in [0.29, 0.717) is 21.8 Å². The van der Waals surface area contributed by atoms with Crippen molar-refractivity contribution < 1.29 is 32.6 Å². The molecule has 1 atom stereocenters. The molecule has 0 saturated heterocycles. The fourth-order valence-electron chi connectivity index (χ4n) is 3.80. The number of pyridine rings is 1. The summed E-state index contributed by atoms with van der Waals surface area (Å²) in [5, 5.41) is 15.5. The van der Waals surface area contributed by atoms with Crippen molar-refractivity contribution >= 4 is 54.9 Å². The highest BCUT2D eigenvalue weighted by atomic mass is 32.2. The van der Waals surface area contributed by atoms with E-state index in [-0.39, 0.29) is 24.5 Å². The van der Waals surface area contributed by atoms with Crippen molar-refractivity contribution in [2.24, 2.45) is 0 Å². The molecule has 212 valence electrons. The average molecular weight is 606 g/mol. The summed E-state index contributed by atoms with van der Waals surface area (Å²) in [7, 11) is -1.45. The first-order valence-electron chi connectivity index (χ1n) is 11.9. The van der Waals surface area contributed by atoms with Crippen LogP contribution in [0.15, 0.2) is 59.1 Å². The molecule has 3 N–H and O–H groups in total. The van der Waals surface area contributed by atoms with Gasteiger partial charge in [0, 0.05) is 28.6 Å². The van der Waals surface area contributed by atoms with E-state index in [9.17, 15) is 23.1 Å². The lowest BCUT2D eigenvalue weighted by Crippen LogP contribution is -2.36. The number of nitrogens with one attached hydrogen (secondary N) is 2. The summed E-state index contributed by atoms with van der Waals surface area (Å²) < 4.78 is 39.8. The van der Waals surface area contributed by atoms with Gasteiger partial charge in [0.25, 0.3) is 0 Å². The summed E-state index contributed by atoms with van der Waals surface area (Å²) in [4.78, 5) is 32.9. The van der Waals surface area contributed by atoms with E-state index in [4.69, 9.17) is 4.74 Å². The SMILES string of the molecule is COC(=O)NCC(=O)NCc1ccc(C(CO)N(Cc2ccnc(OC)c2)S(=O)(=O)c2ccc3scnc3c2)s1. The normalized spacial score (nSPS) is 12.3. The summed E-state index contributed by atoms with van der Waals surface area (Å²) in [6.07, 6.45) is 0.802. The fraction of sp³-hybridized carbons (Fsp3) is 0.280. The van der Waals surface area contributed by atoms with Crippen LogP contribution < -0.4 is 15.4 Å². The Morgan fingerprint density at radius 2 is 1.93 bits per heavy atom. The van der Waals surface area contributed by atoms with E-state index in [0.717, 1.165) is 9.58 Å². The Kier molecular flexibility index (Phi) is 9.65. The molecule has 0 aliphatic carbocycles. The third-order valence-corrected chi connectivity index (χ3v) is 9.67. The van der Waals surface area contributed by atoms with Gasteiger partial charge in [0.15, 0.2) is 0 Å². The van der Waals surface area contributed by atoms with Crippen molar-refractivity contribution in [2.75, 3.05) is 27.4 Å². The lowest BCUT2D eigenvalue weighted by Gasteiger charge is -2.29. The number of alkyl carbamates (subject to hydrolysis) is 1. The van der Waals surface area contributed by atoms with E-state index in [1.165, 1.54) is 59.5 Å². The first kappa shape index (κ1) is 29.4. The highest BCUT2D eigenvalue weighted by molar-refractivity contribution is 7.89. The summed E-state index contributed by atoms with van der Waals surface area (Å²) in [5.41, 5.74) is 2.83. The Bertz CT molecular complexity index is 1590. The Hall–Kier alpha value is -3.63. The maximum absolute atomic E-state index is 14.1. The number of aromatic nitrogens is 2. The zero-order valence-electron chi connectivity index (χ0n) is 21.6. The van der Waals surface area contributed by atoms with Crippen LogP contribution >= 0.6 is 22.7 Å². The van der Waals surface area contributed by atoms with Crippen molar-refractivity contribution in [2.45, 2.75) is 24.0 Å². The van der Waals surface area contributed by atoms with Crippen molar-refractivity contribution in [3.8, 4) is 5.88 Å². The highest BCUT2D eigenvalue weighted by Gasteiger charge is 2.34. The minimum atomic E-state index is -4.12. The molecule has 0 aliphatic heterocycles. The van der Waals surface area contributed by atoms with Crippen LogP contribution in [0.4, 0.5) is 4.79 Å². The fourth-order valence-corrected chi connectivity index (χ4v) is 7.19. The van der Waals surface area contributed by atoms with Gasteiger partial charge in [0.2, 0.25) is 21.8 Å². The van der Waals surface area contributed by atoms with Gasteiger partial charge in [-0.15, -0.1) is 22.7 Å². The molecule has 4 aromatic rings. The number of rotatable bonds is 12. The Morgan fingerprint density at radius 1 is 1.10 bits per heavy atom. The zero-order valence-corrected chi connectivity index (χ0v) is 24.0. The van der Waals surface area contributed by atoms with Gasteiger partial charge in [-0.3, -0.25) is 4.79 Å². The molecular weight excluding hydrogens is 579 g/mol. The topological polar surface area (TPSA) is 160 Å². The maximum atomic E-state index is 14.1. The summed E-state index contributed by atoms with van der Waals surface area (Å²) in [6.45, 7) is -0.658. The second-order valence-corrected chi connectivity index (χ2v) is 12.3. The summed E-state index contributed by atoms with van der Waals surface area (Å²) in [5.74, 6) is -0.0949. The van der Waals surface area contributed by atoms with Crippen LogP contribution in [-0.2, 0) is 32.6 Å². The number of carbonyl (C=O) groups is 2. The second kappa shape index (κ2) is 13.1. The van der Waals surface area contributed by atoms with Crippen LogP contribution in [0.1, 0.15) is 21.4 Å². The second-order valence-electron chi connectivity index (χ2n) is 8.36. The summed E-state index contributed by atoms with van der Waals surface area (Å²) >= 11 is 2.67. The molecule has 4 rings (SSSR count). The molecule has 3 aromatic heterocycles. The number of nitrogens with zero attached hydrogens (tertiary/aromatic N) is 3. The first-order valence-corrected chi connectivity index (χ1v) is 15.0. The molecular formula is C25H27N5O7S3. The number of amides is 2. The van der Waals surface area contributed by atoms with E-state index in [2.05, 4.69) is 25.3 Å². The van der Waals surface area contributed by atoms with Crippen LogP contribution in [-0.4, -0.2) is 67.2 Å². The molecule has 0 spiro atoms. The molecule has 15 heteroatoms. The number of methoxy groups -OCH3 is 2. The largest absolute Gasteiger partial charge is 0.481 e. The van der Waals surface area contributed by atoms with Gasteiger partial charge in [0.1, 0.15) is 6.54 Å². The number of fused-ring (bicyclic) bond motifs is 1. The standard InChI is InChI=1S/C25H27N5O7S3/c1-36-24-9-16(7-8-26-24)13-30(40(34,35)18-4-6-21-19(10-18)29-15-38-21)20(14-31)22-5-3-17(39-22)11-27-23(32)12-28-25(33)37-2/h3-10,15,20,31H,11-14H2,1-2H3,(H,27,32)(H,28,33). The lowest BCUT2D eigenvalue weighted by atomic mass is 10.2. The number of sulfonamides is 1. The smallest absolute Gasteiger partial charge is 0.407 e. The Balaban J connectivity index is 1.62. The Labute approximate surface area is 238 Å². The number of ether oxygens (including phenoxy) is 2. The van der Waals surface area contributed by atoms with E-state index < -0.39 is 34.7 Å². The van der Waals surface area contributed by atoms with Gasteiger partial charge in [-0.25, -0.2) is 23.2 Å². The highest BCUT2D eigenvalue weighted by Crippen LogP contribution is 2.34. The van der Waals surface area contributed by atoms with Crippen molar-refractivity contribution in [1.82, 2.24) is 24.9 Å². The zero-order chi connectivity index (χ0) is 28.7. The maximum Gasteiger partial charge on any atom is 0.407 e. The van der Waals surface area contributed by atoms with Gasteiger partial charge >= 0.3 is 6.09 Å². The number of thiophene rings is 1. The minimum absolute atomic E-state index is 0.0486. The van der Waals surface area contributed by atoms with Gasteiger partial charge in [0.05, 0.1) is 54.0 Å². The number of hydrogen-bond acceptors (Lipinski definition) is 11. The van der Waals surface area contributed by atoms with Crippen molar-refractivity contribution in [1.29, 1.82) is 0 Å². The molecule has 0 fully saturated rings. The van der Waals surface area contributed by atoms with Crippen LogP contribution in [0.25, 0.3) is 10.2 Å². The number of aliphatic hydroxyl groups excluding tert-OH is 1. The van der Waals surface area contributed by atoms with E-state index in [1.54, 1.807) is 35.8 Å². The molecule has 1 aromatic carbocycles. The molecule has 2 amide bonds. The predicted molar refractivity (Wildman–Crippen MR) is 150 cm³/mol. The van der Waals surface area contributed by atoms with Gasteiger partial charge in [-0.05, 0) is 42.0 Å². The van der Waals surface area contributed by atoms with E-state index in [1.807, 2.05) is 0 Å². The van der Waals surface area contributed by atoms with Crippen LogP contribution in [0.2, 0.25) is 0 Å². The van der Waals surface area contributed by atoms with Crippen molar-refractivity contribution in [3.63, 3.8) is 0 Å². The van der Waals surface area contributed by atoms with Gasteiger partial charge < -0.3 is 25.2 Å². The molecule has 0 bridgehead atoms. The molecule has 1 unspecified atom stereocenters. The molecule has 0 saturated carbocycles. The number of hydrogen-bond donors (Lipinski definition) is 3. The third-order valence-electron chi connectivity index (χ3n) is 5.83. The molecule has 3 heterocycles. The molecule has 40 heavy (non-hydrogen) atoms. The quantitative estimate of drug-likeness (QED) is 0.221. The van der Waals surface area contributed by atoms with Crippen molar-refractivity contribution in [3.05, 3.63) is 69.5 Å². The first-order chi connectivity index (χ1) is 19.2. The van der Waals surface area contributed by atoms with Crippen LogP contribution in [0.3, 0.4) is 0 Å². The van der Waals surface area contributed by atoms with Crippen LogP contribution in [0.5, 0.6) is 5.88 Å². The minimum Gasteiger partial charge on any atom is -0.481 e. The average Bonchev–Trinajstić information content (AvgIpc) is 3.64. The van der Waals surface area contributed by atoms with E-state index >= 15 is 0 Å². The molecule has 0 radical (unpaired) electrons. The third kappa shape index (κ3) is 6.92. The van der Waals surface area contributed by atoms with Crippen LogP contribution in [0, 0.1) is 0 Å². The molecule has 0 aliphatic rings. The molecule has 12 nitrogen and oxygen atoms in total. The predicted octanol–water partition coefficient (Wildman–Crippen LogP) is 2.66. The summed E-state index contributed by atoms with van der Waals surface area (Å²) in [6, 6.07) is 10.6. The number of aliphatic hydroxyl groups is 1. The lowest BCUT2D eigenvalue weighted by molar-refractivity contribution is -0.120.